The molecule has 2 aliphatic rings. The second kappa shape index (κ2) is 4.30. The molecule has 4 rings (SSSR count). The van der Waals surface area contributed by atoms with E-state index in [0.29, 0.717) is 5.92 Å². The van der Waals surface area contributed by atoms with Gasteiger partial charge in [0.05, 0.1) is 0 Å². The lowest BCUT2D eigenvalue weighted by atomic mass is 10.1. The van der Waals surface area contributed by atoms with E-state index in [2.05, 4.69) is 50.1 Å². The average molecular weight is 316 g/mol. The van der Waals surface area contributed by atoms with Crippen LogP contribution in [0.25, 0.3) is 0 Å². The maximum Gasteiger partial charge on any atom is 0.135 e. The van der Waals surface area contributed by atoms with Crippen LogP contribution in [0.2, 0.25) is 0 Å². The third-order valence-electron chi connectivity index (χ3n) is 3.81. The van der Waals surface area contributed by atoms with Gasteiger partial charge in [0.15, 0.2) is 0 Å². The lowest BCUT2D eigenvalue weighted by Gasteiger charge is -2.17. The van der Waals surface area contributed by atoms with E-state index in [1.54, 1.807) is 0 Å². The van der Waals surface area contributed by atoms with Crippen LogP contribution in [0.15, 0.2) is 34.9 Å². The number of rotatable bonds is 2. The van der Waals surface area contributed by atoms with Crippen molar-refractivity contribution < 1.29 is 0 Å². The molecule has 2 aromatic rings. The molecular weight excluding hydrogens is 302 g/mol. The fraction of sp³-hybridized carbons (Fsp3) is 0.333. The van der Waals surface area contributed by atoms with Crippen LogP contribution in [0.1, 0.15) is 35.7 Å². The predicted octanol–water partition coefficient (Wildman–Crippen LogP) is 3.64. The number of anilines is 1. The van der Waals surface area contributed by atoms with Crippen molar-refractivity contribution >= 4 is 21.7 Å². The van der Waals surface area contributed by atoms with E-state index in [9.17, 15) is 0 Å². The van der Waals surface area contributed by atoms with E-state index in [4.69, 9.17) is 4.98 Å². The van der Waals surface area contributed by atoms with Gasteiger partial charge in [0, 0.05) is 25.1 Å². The number of aromatic nitrogens is 2. The Balaban J connectivity index is 1.67. The first-order chi connectivity index (χ1) is 9.29. The summed E-state index contributed by atoms with van der Waals surface area (Å²) >= 11 is 3.51. The molecule has 1 fully saturated rings. The summed E-state index contributed by atoms with van der Waals surface area (Å²) in [6.45, 7) is 1.90. The van der Waals surface area contributed by atoms with Gasteiger partial charge in [-0.1, -0.05) is 24.3 Å². The van der Waals surface area contributed by atoms with Crippen LogP contribution in [0.3, 0.4) is 0 Å². The Morgan fingerprint density at radius 1 is 1.05 bits per heavy atom. The van der Waals surface area contributed by atoms with E-state index < -0.39 is 0 Å². The highest BCUT2D eigenvalue weighted by Gasteiger charge is 2.28. The van der Waals surface area contributed by atoms with Crippen LogP contribution in [0.4, 0.5) is 5.82 Å². The van der Waals surface area contributed by atoms with Gasteiger partial charge >= 0.3 is 0 Å². The number of fused-ring (bicyclic) bond motifs is 1. The Morgan fingerprint density at radius 2 is 1.74 bits per heavy atom. The molecule has 0 bridgehead atoms. The maximum atomic E-state index is 4.75. The highest BCUT2D eigenvalue weighted by Crippen LogP contribution is 2.39. The predicted molar refractivity (Wildman–Crippen MR) is 78.0 cm³/mol. The molecule has 1 aliphatic carbocycles. The van der Waals surface area contributed by atoms with Gasteiger partial charge < -0.3 is 4.90 Å². The zero-order valence-corrected chi connectivity index (χ0v) is 12.1. The monoisotopic (exact) mass is 315 g/mol. The van der Waals surface area contributed by atoms with Crippen molar-refractivity contribution in [1.82, 2.24) is 9.97 Å². The fourth-order valence-corrected chi connectivity index (χ4v) is 2.99. The second-order valence-corrected chi connectivity index (χ2v) is 6.12. The SMILES string of the molecule is Brc1cc(N2Cc3ccccc3C2)nc(C2CC2)n1. The van der Waals surface area contributed by atoms with Crippen molar-refractivity contribution in [1.29, 1.82) is 0 Å². The zero-order chi connectivity index (χ0) is 12.8. The minimum Gasteiger partial charge on any atom is -0.348 e. The van der Waals surface area contributed by atoms with Gasteiger partial charge in [-0.3, -0.25) is 0 Å². The highest BCUT2D eigenvalue weighted by atomic mass is 79.9. The van der Waals surface area contributed by atoms with E-state index in [1.165, 1.54) is 24.0 Å². The topological polar surface area (TPSA) is 29.0 Å². The zero-order valence-electron chi connectivity index (χ0n) is 10.5. The van der Waals surface area contributed by atoms with Crippen molar-refractivity contribution in [2.24, 2.45) is 0 Å². The second-order valence-electron chi connectivity index (χ2n) is 5.31. The summed E-state index contributed by atoms with van der Waals surface area (Å²) < 4.78 is 0.898. The van der Waals surface area contributed by atoms with E-state index in [0.717, 1.165) is 29.3 Å². The molecule has 2 heterocycles. The third-order valence-corrected chi connectivity index (χ3v) is 4.21. The molecule has 0 unspecified atom stereocenters. The summed E-state index contributed by atoms with van der Waals surface area (Å²) in [6, 6.07) is 10.6. The summed E-state index contributed by atoms with van der Waals surface area (Å²) in [6.07, 6.45) is 2.46. The third kappa shape index (κ3) is 2.14. The number of nitrogens with zero attached hydrogens (tertiary/aromatic N) is 3. The van der Waals surface area contributed by atoms with Crippen LogP contribution in [0, 0.1) is 0 Å². The number of halogens is 1. The molecule has 0 spiro atoms. The molecule has 19 heavy (non-hydrogen) atoms. The standard InChI is InChI=1S/C15H14BrN3/c16-13-7-14(18-15(17-13)10-5-6-10)19-8-11-3-1-2-4-12(11)9-19/h1-4,7,10H,5-6,8-9H2. The van der Waals surface area contributed by atoms with Crippen LogP contribution in [0.5, 0.6) is 0 Å². The smallest absolute Gasteiger partial charge is 0.135 e. The lowest BCUT2D eigenvalue weighted by molar-refractivity contribution is 0.821. The van der Waals surface area contributed by atoms with Gasteiger partial charge in [-0.25, -0.2) is 9.97 Å². The Bertz CT molecular complexity index is 612. The molecule has 1 aliphatic heterocycles. The van der Waals surface area contributed by atoms with Crippen LogP contribution in [-0.2, 0) is 13.1 Å². The molecule has 0 radical (unpaired) electrons. The first-order valence-corrected chi connectivity index (χ1v) is 7.45. The molecule has 0 atom stereocenters. The summed E-state index contributed by atoms with van der Waals surface area (Å²) in [5, 5.41) is 0. The Morgan fingerprint density at radius 3 is 2.37 bits per heavy atom. The molecule has 1 saturated carbocycles. The van der Waals surface area contributed by atoms with Gasteiger partial charge in [0.2, 0.25) is 0 Å². The number of hydrogen-bond donors (Lipinski definition) is 0. The summed E-state index contributed by atoms with van der Waals surface area (Å²) in [5.41, 5.74) is 2.82. The number of benzene rings is 1. The van der Waals surface area contributed by atoms with Gasteiger partial charge in [0.1, 0.15) is 16.2 Å². The lowest BCUT2D eigenvalue weighted by Crippen LogP contribution is -2.17. The van der Waals surface area contributed by atoms with E-state index >= 15 is 0 Å². The van der Waals surface area contributed by atoms with Gasteiger partial charge in [-0.05, 0) is 39.9 Å². The molecule has 96 valence electrons. The van der Waals surface area contributed by atoms with Crippen LogP contribution >= 0.6 is 15.9 Å². The molecule has 1 aromatic heterocycles. The van der Waals surface area contributed by atoms with Crippen LogP contribution < -0.4 is 4.90 Å². The highest BCUT2D eigenvalue weighted by molar-refractivity contribution is 9.10. The minimum absolute atomic E-state index is 0.584. The number of hydrogen-bond acceptors (Lipinski definition) is 3. The minimum atomic E-state index is 0.584. The van der Waals surface area contributed by atoms with E-state index in [-0.39, 0.29) is 0 Å². The van der Waals surface area contributed by atoms with Crippen LogP contribution in [-0.4, -0.2) is 9.97 Å². The van der Waals surface area contributed by atoms with Gasteiger partial charge in [-0.2, -0.15) is 0 Å². The van der Waals surface area contributed by atoms with Gasteiger partial charge in [0.25, 0.3) is 0 Å². The first kappa shape index (κ1) is 11.4. The molecule has 3 nitrogen and oxygen atoms in total. The quantitative estimate of drug-likeness (QED) is 0.792. The van der Waals surface area contributed by atoms with Crippen molar-refractivity contribution in [2.75, 3.05) is 4.90 Å². The average Bonchev–Trinajstić information content (AvgIpc) is 3.17. The van der Waals surface area contributed by atoms with Crippen molar-refractivity contribution in [2.45, 2.75) is 31.8 Å². The Kier molecular flexibility index (Phi) is 2.58. The maximum absolute atomic E-state index is 4.75. The normalized spacial score (nSPS) is 17.6. The van der Waals surface area contributed by atoms with Crippen molar-refractivity contribution in [3.05, 3.63) is 51.9 Å². The van der Waals surface area contributed by atoms with Crippen molar-refractivity contribution in [3.8, 4) is 0 Å². The van der Waals surface area contributed by atoms with Gasteiger partial charge in [-0.15, -0.1) is 0 Å². The molecule has 0 N–H and O–H groups in total. The molecule has 0 amide bonds. The molecule has 0 saturated heterocycles. The molecular formula is C15H14BrN3. The van der Waals surface area contributed by atoms with Crippen molar-refractivity contribution in [3.63, 3.8) is 0 Å². The summed E-state index contributed by atoms with van der Waals surface area (Å²) in [4.78, 5) is 11.6. The largest absolute Gasteiger partial charge is 0.348 e. The molecule has 4 heteroatoms. The molecule has 1 aromatic carbocycles. The summed E-state index contributed by atoms with van der Waals surface area (Å²) in [5.74, 6) is 2.63. The first-order valence-electron chi connectivity index (χ1n) is 6.66. The van der Waals surface area contributed by atoms with E-state index in [1.807, 2.05) is 6.07 Å². The fourth-order valence-electron chi connectivity index (χ4n) is 2.60. The summed E-state index contributed by atoms with van der Waals surface area (Å²) in [7, 11) is 0. The Labute approximate surface area is 120 Å². The Hall–Kier alpha value is -1.42.